The Bertz CT molecular complexity index is 622. The number of benzene rings is 2. The topological polar surface area (TPSA) is 44.4 Å². The molecule has 0 aliphatic rings. The molecule has 0 aromatic heterocycles. The molecular weight excluding hydrogens is 309 g/mol. The average molecular weight is 324 g/mol. The highest BCUT2D eigenvalue weighted by Crippen LogP contribution is 2.29. The van der Waals surface area contributed by atoms with Crippen molar-refractivity contribution in [2.45, 2.75) is 0 Å². The van der Waals surface area contributed by atoms with Crippen molar-refractivity contribution in [3.63, 3.8) is 0 Å². The third-order valence-corrected chi connectivity index (χ3v) is 3.54. The zero-order valence-electron chi connectivity index (χ0n) is 11.7. The number of hydrogen-bond acceptors (Lipinski definition) is 3. The number of nitrogens with one attached hydrogen (secondary N) is 2. The summed E-state index contributed by atoms with van der Waals surface area (Å²) in [7, 11) is 3.88. The molecule has 0 unspecified atom stereocenters. The Labute approximate surface area is 133 Å². The van der Waals surface area contributed by atoms with E-state index in [1.807, 2.05) is 31.1 Å². The fourth-order valence-corrected chi connectivity index (χ4v) is 2.21. The Morgan fingerprint density at radius 1 is 1.00 bits per heavy atom. The lowest BCUT2D eigenvalue weighted by Gasteiger charge is -2.14. The minimum Gasteiger partial charge on any atom is -0.378 e. The van der Waals surface area contributed by atoms with Crippen LogP contribution in [0.2, 0.25) is 10.0 Å². The molecule has 2 aromatic rings. The molecule has 2 rings (SSSR count). The lowest BCUT2D eigenvalue weighted by molar-refractivity contribution is 0.0962. The number of halogens is 2. The molecule has 2 aromatic carbocycles. The van der Waals surface area contributed by atoms with Crippen molar-refractivity contribution in [3.8, 4) is 0 Å². The van der Waals surface area contributed by atoms with Crippen molar-refractivity contribution in [1.82, 2.24) is 5.43 Å². The Morgan fingerprint density at radius 3 is 2.10 bits per heavy atom. The van der Waals surface area contributed by atoms with E-state index >= 15 is 0 Å². The molecule has 0 saturated heterocycles. The monoisotopic (exact) mass is 323 g/mol. The fourth-order valence-electron chi connectivity index (χ4n) is 1.72. The van der Waals surface area contributed by atoms with Gasteiger partial charge in [-0.3, -0.25) is 15.6 Å². The molecule has 0 saturated carbocycles. The second-order valence-electron chi connectivity index (χ2n) is 4.62. The van der Waals surface area contributed by atoms with Crippen LogP contribution in [0.3, 0.4) is 0 Å². The second kappa shape index (κ2) is 6.70. The normalized spacial score (nSPS) is 10.1. The first-order chi connectivity index (χ1) is 9.99. The maximum atomic E-state index is 12.0. The van der Waals surface area contributed by atoms with Crippen LogP contribution in [0.25, 0.3) is 0 Å². The van der Waals surface area contributed by atoms with Gasteiger partial charge >= 0.3 is 0 Å². The largest absolute Gasteiger partial charge is 0.378 e. The first kappa shape index (κ1) is 15.5. The van der Waals surface area contributed by atoms with E-state index in [1.54, 1.807) is 30.3 Å². The summed E-state index contributed by atoms with van der Waals surface area (Å²) >= 11 is 12.0. The minimum atomic E-state index is -0.267. The number of carbonyl (C=O) groups excluding carboxylic acids is 1. The molecule has 0 atom stereocenters. The van der Waals surface area contributed by atoms with E-state index in [9.17, 15) is 4.79 Å². The molecule has 1 amide bonds. The number of hydrazine groups is 1. The van der Waals surface area contributed by atoms with E-state index in [-0.39, 0.29) is 5.91 Å². The summed E-state index contributed by atoms with van der Waals surface area (Å²) in [4.78, 5) is 14.0. The SMILES string of the molecule is CN(C)c1ccc(C(=O)NNc2c(Cl)cccc2Cl)cc1. The van der Waals surface area contributed by atoms with Crippen LogP contribution >= 0.6 is 23.2 Å². The fraction of sp³-hybridized carbons (Fsp3) is 0.133. The quantitative estimate of drug-likeness (QED) is 0.841. The zero-order chi connectivity index (χ0) is 15.4. The summed E-state index contributed by atoms with van der Waals surface area (Å²) in [5.41, 5.74) is 7.35. The molecule has 6 heteroatoms. The van der Waals surface area contributed by atoms with Gasteiger partial charge in [-0.15, -0.1) is 0 Å². The van der Waals surface area contributed by atoms with E-state index in [0.717, 1.165) is 5.69 Å². The molecule has 0 radical (unpaired) electrons. The van der Waals surface area contributed by atoms with E-state index < -0.39 is 0 Å². The summed E-state index contributed by atoms with van der Waals surface area (Å²) in [6.07, 6.45) is 0. The summed E-state index contributed by atoms with van der Waals surface area (Å²) in [5, 5.41) is 0.872. The second-order valence-corrected chi connectivity index (χ2v) is 5.43. The Hall–Kier alpha value is -1.91. The summed E-state index contributed by atoms with van der Waals surface area (Å²) in [6, 6.07) is 12.4. The van der Waals surface area contributed by atoms with Crippen LogP contribution in [0.1, 0.15) is 10.4 Å². The highest BCUT2D eigenvalue weighted by molar-refractivity contribution is 6.39. The smallest absolute Gasteiger partial charge is 0.269 e. The molecular formula is C15H15Cl2N3O. The van der Waals surface area contributed by atoms with E-state index in [2.05, 4.69) is 10.9 Å². The molecule has 0 spiro atoms. The van der Waals surface area contributed by atoms with Crippen molar-refractivity contribution >= 4 is 40.5 Å². The van der Waals surface area contributed by atoms with Gasteiger partial charge < -0.3 is 4.90 Å². The van der Waals surface area contributed by atoms with Gasteiger partial charge in [-0.2, -0.15) is 0 Å². The molecule has 0 aliphatic carbocycles. The van der Waals surface area contributed by atoms with E-state index in [1.165, 1.54) is 0 Å². The van der Waals surface area contributed by atoms with E-state index in [0.29, 0.717) is 21.3 Å². The van der Waals surface area contributed by atoms with Gasteiger partial charge in [0.05, 0.1) is 15.7 Å². The number of carbonyl (C=O) groups is 1. The molecule has 0 heterocycles. The molecule has 21 heavy (non-hydrogen) atoms. The average Bonchev–Trinajstić information content (AvgIpc) is 2.46. The van der Waals surface area contributed by atoms with Gasteiger partial charge in [0.2, 0.25) is 0 Å². The first-order valence-electron chi connectivity index (χ1n) is 6.27. The third kappa shape index (κ3) is 3.80. The molecule has 0 bridgehead atoms. The molecule has 0 aliphatic heterocycles. The highest BCUT2D eigenvalue weighted by Gasteiger charge is 2.08. The van der Waals surface area contributed by atoms with Gasteiger partial charge in [0, 0.05) is 25.3 Å². The molecule has 2 N–H and O–H groups in total. The van der Waals surface area contributed by atoms with Gasteiger partial charge in [-0.25, -0.2) is 0 Å². The van der Waals surface area contributed by atoms with Crippen LogP contribution < -0.4 is 15.8 Å². The summed E-state index contributed by atoms with van der Waals surface area (Å²) in [5.74, 6) is -0.267. The number of nitrogens with zero attached hydrogens (tertiary/aromatic N) is 1. The lowest BCUT2D eigenvalue weighted by atomic mass is 10.2. The van der Waals surface area contributed by atoms with Crippen molar-refractivity contribution in [2.75, 3.05) is 24.4 Å². The number of para-hydroxylation sites is 1. The summed E-state index contributed by atoms with van der Waals surface area (Å²) in [6.45, 7) is 0. The number of anilines is 2. The van der Waals surface area contributed by atoms with Crippen LogP contribution in [0, 0.1) is 0 Å². The van der Waals surface area contributed by atoms with Crippen LogP contribution in [-0.4, -0.2) is 20.0 Å². The molecule has 0 fully saturated rings. The predicted molar refractivity (Wildman–Crippen MR) is 88.3 cm³/mol. The zero-order valence-corrected chi connectivity index (χ0v) is 13.2. The highest BCUT2D eigenvalue weighted by atomic mass is 35.5. The maximum Gasteiger partial charge on any atom is 0.269 e. The Kier molecular flexibility index (Phi) is 4.94. The van der Waals surface area contributed by atoms with Crippen LogP contribution in [0.15, 0.2) is 42.5 Å². The standard InChI is InChI=1S/C15H15Cl2N3O/c1-20(2)11-8-6-10(7-9-11)15(21)19-18-14-12(16)4-3-5-13(14)17/h3-9,18H,1-2H3,(H,19,21). The number of amides is 1. The van der Waals surface area contributed by atoms with Crippen molar-refractivity contribution < 1.29 is 4.79 Å². The molecule has 4 nitrogen and oxygen atoms in total. The van der Waals surface area contributed by atoms with Gasteiger partial charge in [-0.05, 0) is 36.4 Å². The predicted octanol–water partition coefficient (Wildman–Crippen LogP) is 3.82. The Morgan fingerprint density at radius 2 is 1.57 bits per heavy atom. The van der Waals surface area contributed by atoms with Crippen LogP contribution in [-0.2, 0) is 0 Å². The van der Waals surface area contributed by atoms with Crippen molar-refractivity contribution in [2.24, 2.45) is 0 Å². The van der Waals surface area contributed by atoms with Crippen molar-refractivity contribution in [1.29, 1.82) is 0 Å². The van der Waals surface area contributed by atoms with Gasteiger partial charge in [0.15, 0.2) is 0 Å². The number of hydrogen-bond donors (Lipinski definition) is 2. The maximum absolute atomic E-state index is 12.0. The van der Waals surface area contributed by atoms with Crippen molar-refractivity contribution in [3.05, 3.63) is 58.1 Å². The van der Waals surface area contributed by atoms with Crippen LogP contribution in [0.5, 0.6) is 0 Å². The Balaban J connectivity index is 2.05. The van der Waals surface area contributed by atoms with E-state index in [4.69, 9.17) is 23.2 Å². The van der Waals surface area contributed by atoms with Gasteiger partial charge in [0.1, 0.15) is 0 Å². The summed E-state index contributed by atoms with van der Waals surface area (Å²) < 4.78 is 0. The number of rotatable bonds is 4. The molecule has 110 valence electrons. The van der Waals surface area contributed by atoms with Gasteiger partial charge in [0.25, 0.3) is 5.91 Å². The van der Waals surface area contributed by atoms with Gasteiger partial charge in [-0.1, -0.05) is 29.3 Å². The lowest BCUT2D eigenvalue weighted by Crippen LogP contribution is -2.29. The minimum absolute atomic E-state index is 0.267. The first-order valence-corrected chi connectivity index (χ1v) is 7.02. The third-order valence-electron chi connectivity index (χ3n) is 2.91. The van der Waals surface area contributed by atoms with Crippen LogP contribution in [0.4, 0.5) is 11.4 Å².